The molecule has 33 heavy (non-hydrogen) atoms. The second-order valence-electron chi connectivity index (χ2n) is 6.81. The molecule has 0 aliphatic carbocycles. The van der Waals surface area contributed by atoms with Gasteiger partial charge in [-0.05, 0) is 41.6 Å². The topological polar surface area (TPSA) is 117 Å². The molecule has 0 unspecified atom stereocenters. The van der Waals surface area contributed by atoms with Crippen molar-refractivity contribution in [2.45, 2.75) is 6.42 Å². The van der Waals surface area contributed by atoms with Crippen molar-refractivity contribution in [1.82, 2.24) is 5.32 Å². The monoisotopic (exact) mass is 464 g/mol. The Morgan fingerprint density at radius 2 is 1.82 bits per heavy atom. The smallest absolute Gasteiger partial charge is 0.269 e. The molecule has 0 aliphatic heterocycles. The molecule has 0 radical (unpaired) electrons. The number of anilines is 1. The van der Waals surface area contributed by atoms with Crippen LogP contribution in [0.2, 0.25) is 0 Å². The van der Waals surface area contributed by atoms with Gasteiger partial charge in [-0.2, -0.15) is 0 Å². The summed E-state index contributed by atoms with van der Waals surface area (Å²) in [6.07, 6.45) is 1.46. The number of aldehydes is 1. The molecule has 0 bridgehead atoms. The molecule has 0 aliphatic rings. The summed E-state index contributed by atoms with van der Waals surface area (Å²) in [7, 11) is 1.71. The van der Waals surface area contributed by atoms with Crippen LogP contribution >= 0.6 is 11.8 Å². The number of aliphatic hydroxyl groups excluding tert-OH is 1. The minimum Gasteiger partial charge on any atom is -0.396 e. The Morgan fingerprint density at radius 1 is 1.12 bits per heavy atom. The van der Waals surface area contributed by atoms with E-state index in [0.29, 0.717) is 22.9 Å². The fourth-order valence-electron chi connectivity index (χ4n) is 2.90. The Hall–Kier alpha value is -3.62. The summed E-state index contributed by atoms with van der Waals surface area (Å²) in [5.41, 5.74) is 8.15. The zero-order chi connectivity index (χ0) is 24.1. The van der Waals surface area contributed by atoms with Gasteiger partial charge in [0.25, 0.3) is 5.91 Å². The van der Waals surface area contributed by atoms with Crippen LogP contribution in [0.3, 0.4) is 0 Å². The lowest BCUT2D eigenvalue weighted by Crippen LogP contribution is -2.19. The van der Waals surface area contributed by atoms with Gasteiger partial charge in [0.15, 0.2) is 5.70 Å². The Morgan fingerprint density at radius 3 is 2.39 bits per heavy atom. The summed E-state index contributed by atoms with van der Waals surface area (Å²) in [5, 5.41) is 17.8. The second-order valence-corrected chi connectivity index (χ2v) is 7.80. The minimum atomic E-state index is -0.599. The predicted molar refractivity (Wildman–Crippen MR) is 137 cm³/mol. The average molecular weight is 465 g/mol. The third kappa shape index (κ3) is 8.10. The molecular weight excluding hydrogens is 436 g/mol. The van der Waals surface area contributed by atoms with E-state index in [0.717, 1.165) is 17.5 Å². The van der Waals surface area contributed by atoms with E-state index < -0.39 is 5.91 Å². The summed E-state index contributed by atoms with van der Waals surface area (Å²) in [6.45, 7) is 3.52. The van der Waals surface area contributed by atoms with E-state index in [9.17, 15) is 9.59 Å². The van der Waals surface area contributed by atoms with E-state index in [2.05, 4.69) is 46.6 Å². The number of hydrogen-bond acceptors (Lipinski definition) is 7. The van der Waals surface area contributed by atoms with Gasteiger partial charge in [0.05, 0.1) is 5.88 Å². The van der Waals surface area contributed by atoms with Crippen LogP contribution in [0.25, 0.3) is 10.8 Å². The highest BCUT2D eigenvalue weighted by Gasteiger charge is 2.10. The third-order valence-electron chi connectivity index (χ3n) is 4.59. The maximum absolute atomic E-state index is 11.3. The predicted octanol–water partition coefficient (Wildman–Crippen LogP) is 3.55. The van der Waals surface area contributed by atoms with Gasteiger partial charge < -0.3 is 21.5 Å². The molecule has 5 N–H and O–H groups in total. The molecule has 3 rings (SSSR count). The first-order valence-electron chi connectivity index (χ1n) is 10.2. The molecule has 0 aromatic heterocycles. The number of carbonyl (C=O) groups excluding carboxylic acids is 2. The summed E-state index contributed by atoms with van der Waals surface area (Å²) < 4.78 is 0. The van der Waals surface area contributed by atoms with Gasteiger partial charge in [-0.25, -0.2) is 0 Å². The number of thioether (sulfide) groups is 1. The number of nitrogens with zero attached hydrogens (tertiary/aromatic N) is 1. The summed E-state index contributed by atoms with van der Waals surface area (Å²) in [5.74, 6) is -0.0292. The van der Waals surface area contributed by atoms with Gasteiger partial charge in [-0.3, -0.25) is 14.6 Å². The van der Waals surface area contributed by atoms with Crippen LogP contribution in [-0.4, -0.2) is 43.5 Å². The van der Waals surface area contributed by atoms with Gasteiger partial charge in [-0.1, -0.05) is 66.4 Å². The van der Waals surface area contributed by atoms with Crippen LogP contribution < -0.4 is 16.4 Å². The molecule has 0 heterocycles. The molecule has 8 heteroatoms. The summed E-state index contributed by atoms with van der Waals surface area (Å²) >= 11 is 1.41. The Balaban J connectivity index is 0.000000294. The number of primary amides is 1. The molecule has 0 fully saturated rings. The standard InChI is InChI=1S/C16H18N4OS.C9H10O2/c1-18-14(15(17)21)16(19-2)22-10-20-13-8-7-11-5-3-4-6-12(11)9-13;10-6-5-8-1-3-9(7-11)4-2-8/h3-9,19-20H,1,10H2,2H3,(H2,17,21);1-4,7,10H,5-6H2/b16-14-;. The highest BCUT2D eigenvalue weighted by Crippen LogP contribution is 2.22. The lowest BCUT2D eigenvalue weighted by Gasteiger charge is -2.11. The van der Waals surface area contributed by atoms with Gasteiger partial charge in [0.1, 0.15) is 11.3 Å². The number of hydrogen-bond donors (Lipinski definition) is 4. The van der Waals surface area contributed by atoms with Crippen molar-refractivity contribution >= 4 is 47.1 Å². The molecule has 0 saturated carbocycles. The molecule has 3 aromatic rings. The zero-order valence-electron chi connectivity index (χ0n) is 18.5. The molecular formula is C25H28N4O3S. The number of benzene rings is 3. The number of fused-ring (bicyclic) bond motifs is 1. The fraction of sp³-hybridized carbons (Fsp3) is 0.160. The van der Waals surface area contributed by atoms with E-state index in [1.807, 2.05) is 30.3 Å². The normalized spacial score (nSPS) is 11.0. The number of aliphatic hydroxyl groups is 1. The van der Waals surface area contributed by atoms with Gasteiger partial charge >= 0.3 is 0 Å². The van der Waals surface area contributed by atoms with Crippen molar-refractivity contribution in [3.05, 3.63) is 88.6 Å². The quantitative estimate of drug-likeness (QED) is 0.158. The first kappa shape index (κ1) is 25.6. The summed E-state index contributed by atoms with van der Waals surface area (Å²) in [4.78, 5) is 25.2. The van der Waals surface area contributed by atoms with Crippen molar-refractivity contribution in [3.63, 3.8) is 0 Å². The Bertz CT molecular complexity index is 1110. The lowest BCUT2D eigenvalue weighted by atomic mass is 10.1. The first-order chi connectivity index (χ1) is 16.0. The van der Waals surface area contributed by atoms with Gasteiger partial charge in [-0.15, -0.1) is 0 Å². The summed E-state index contributed by atoms with van der Waals surface area (Å²) in [6, 6.07) is 21.5. The SMILES string of the molecule is C=N/C(C(N)=O)=C(/NC)SCNc1ccc2ccccc2c1.O=Cc1ccc(CCO)cc1. The van der Waals surface area contributed by atoms with Crippen molar-refractivity contribution in [1.29, 1.82) is 0 Å². The van der Waals surface area contributed by atoms with E-state index >= 15 is 0 Å². The number of rotatable bonds is 10. The minimum absolute atomic E-state index is 0.146. The van der Waals surface area contributed by atoms with E-state index in [-0.39, 0.29) is 12.3 Å². The zero-order valence-corrected chi connectivity index (χ0v) is 19.3. The molecule has 0 atom stereocenters. The molecule has 3 aromatic carbocycles. The Kier molecular flexibility index (Phi) is 10.7. The lowest BCUT2D eigenvalue weighted by molar-refractivity contribution is -0.114. The van der Waals surface area contributed by atoms with E-state index in [1.165, 1.54) is 22.5 Å². The maximum atomic E-state index is 11.3. The van der Waals surface area contributed by atoms with Crippen LogP contribution in [0, 0.1) is 0 Å². The van der Waals surface area contributed by atoms with Gasteiger partial charge in [0, 0.05) is 24.9 Å². The van der Waals surface area contributed by atoms with Crippen molar-refractivity contribution in [2.75, 3.05) is 24.8 Å². The van der Waals surface area contributed by atoms with Crippen LogP contribution in [0.1, 0.15) is 15.9 Å². The van der Waals surface area contributed by atoms with E-state index in [4.69, 9.17) is 10.8 Å². The van der Waals surface area contributed by atoms with Gasteiger partial charge in [0.2, 0.25) is 0 Å². The van der Waals surface area contributed by atoms with Crippen molar-refractivity contribution in [3.8, 4) is 0 Å². The number of aliphatic imine (C=N–C) groups is 1. The van der Waals surface area contributed by atoms with Crippen LogP contribution in [0.5, 0.6) is 0 Å². The van der Waals surface area contributed by atoms with Crippen LogP contribution in [-0.2, 0) is 11.2 Å². The highest BCUT2D eigenvalue weighted by molar-refractivity contribution is 8.03. The molecule has 0 saturated heterocycles. The van der Waals surface area contributed by atoms with Crippen molar-refractivity contribution in [2.24, 2.45) is 10.7 Å². The largest absolute Gasteiger partial charge is 0.396 e. The van der Waals surface area contributed by atoms with Crippen LogP contribution in [0.15, 0.2) is 82.4 Å². The molecule has 7 nitrogen and oxygen atoms in total. The van der Waals surface area contributed by atoms with Crippen molar-refractivity contribution < 1.29 is 14.7 Å². The molecule has 1 amide bonds. The highest BCUT2D eigenvalue weighted by atomic mass is 32.2. The number of amides is 1. The number of carbonyl (C=O) groups is 2. The molecule has 0 spiro atoms. The first-order valence-corrected chi connectivity index (χ1v) is 11.2. The Labute approximate surface area is 197 Å². The second kappa shape index (κ2) is 13.7. The van der Waals surface area contributed by atoms with E-state index in [1.54, 1.807) is 19.2 Å². The maximum Gasteiger partial charge on any atom is 0.269 e. The number of nitrogens with one attached hydrogen (secondary N) is 2. The molecule has 172 valence electrons. The average Bonchev–Trinajstić information content (AvgIpc) is 2.84. The third-order valence-corrected chi connectivity index (χ3v) is 5.57. The van der Waals surface area contributed by atoms with Crippen LogP contribution in [0.4, 0.5) is 5.69 Å². The fourth-order valence-corrected chi connectivity index (χ4v) is 3.73. The number of nitrogens with two attached hydrogens (primary N) is 1.